The van der Waals surface area contributed by atoms with Crippen LogP contribution in [-0.2, 0) is 0 Å². The first kappa shape index (κ1) is 13.7. The summed E-state index contributed by atoms with van der Waals surface area (Å²) in [5.41, 5.74) is 2.13. The zero-order valence-corrected chi connectivity index (χ0v) is 11.8. The molecule has 3 heteroatoms. The molecule has 2 aromatic rings. The lowest BCUT2D eigenvalue weighted by Crippen LogP contribution is -2.23. The van der Waals surface area contributed by atoms with Crippen molar-refractivity contribution in [3.05, 3.63) is 48.4 Å². The lowest BCUT2D eigenvalue weighted by atomic mass is 9.94. The van der Waals surface area contributed by atoms with Crippen LogP contribution in [0.2, 0.25) is 0 Å². The molecule has 1 aromatic carbocycles. The SMILES string of the molecule is CNCC(c1nccc(-c2ccccc2)n1)C(C)C. The molecule has 1 heterocycles. The molecule has 0 saturated heterocycles. The summed E-state index contributed by atoms with van der Waals surface area (Å²) in [4.78, 5) is 9.19. The molecular weight excluding hydrogens is 234 g/mol. The third-order valence-electron chi connectivity index (χ3n) is 3.30. The van der Waals surface area contributed by atoms with Gasteiger partial charge in [0.1, 0.15) is 5.82 Å². The number of rotatable bonds is 5. The fourth-order valence-corrected chi connectivity index (χ4v) is 2.17. The third kappa shape index (κ3) is 3.38. The van der Waals surface area contributed by atoms with Crippen molar-refractivity contribution in [2.45, 2.75) is 19.8 Å². The number of benzene rings is 1. The van der Waals surface area contributed by atoms with E-state index in [9.17, 15) is 0 Å². The van der Waals surface area contributed by atoms with Crippen molar-refractivity contribution in [3.63, 3.8) is 0 Å². The van der Waals surface area contributed by atoms with Crippen molar-refractivity contribution in [1.82, 2.24) is 15.3 Å². The van der Waals surface area contributed by atoms with E-state index in [-0.39, 0.29) is 0 Å². The van der Waals surface area contributed by atoms with E-state index >= 15 is 0 Å². The molecule has 1 atom stereocenters. The summed E-state index contributed by atoms with van der Waals surface area (Å²) in [6.45, 7) is 5.32. The monoisotopic (exact) mass is 255 g/mol. The summed E-state index contributed by atoms with van der Waals surface area (Å²) >= 11 is 0. The smallest absolute Gasteiger partial charge is 0.133 e. The van der Waals surface area contributed by atoms with Gasteiger partial charge in [-0.3, -0.25) is 0 Å². The Morgan fingerprint density at radius 3 is 2.47 bits per heavy atom. The number of likely N-dealkylation sites (N-methyl/N-ethyl adjacent to an activating group) is 1. The van der Waals surface area contributed by atoms with Crippen molar-refractivity contribution in [2.75, 3.05) is 13.6 Å². The Hall–Kier alpha value is -1.74. The van der Waals surface area contributed by atoms with Gasteiger partial charge in [0, 0.05) is 24.2 Å². The molecule has 2 rings (SSSR count). The summed E-state index contributed by atoms with van der Waals surface area (Å²) in [5.74, 6) is 1.78. The van der Waals surface area contributed by atoms with Crippen molar-refractivity contribution in [2.24, 2.45) is 5.92 Å². The van der Waals surface area contributed by atoms with Crippen LogP contribution in [0.5, 0.6) is 0 Å². The van der Waals surface area contributed by atoms with E-state index in [2.05, 4.69) is 36.3 Å². The first-order valence-electron chi connectivity index (χ1n) is 6.75. The van der Waals surface area contributed by atoms with E-state index in [0.717, 1.165) is 23.6 Å². The van der Waals surface area contributed by atoms with Crippen LogP contribution in [-0.4, -0.2) is 23.6 Å². The number of hydrogen-bond donors (Lipinski definition) is 1. The molecule has 0 radical (unpaired) electrons. The van der Waals surface area contributed by atoms with Crippen LogP contribution < -0.4 is 5.32 Å². The second-order valence-electron chi connectivity index (χ2n) is 5.07. The molecule has 1 aromatic heterocycles. The number of nitrogens with zero attached hydrogens (tertiary/aromatic N) is 2. The third-order valence-corrected chi connectivity index (χ3v) is 3.30. The van der Waals surface area contributed by atoms with Crippen molar-refractivity contribution in [3.8, 4) is 11.3 Å². The zero-order chi connectivity index (χ0) is 13.7. The molecule has 0 aliphatic carbocycles. The average molecular weight is 255 g/mol. The van der Waals surface area contributed by atoms with Crippen LogP contribution in [0.15, 0.2) is 42.6 Å². The van der Waals surface area contributed by atoms with Gasteiger partial charge < -0.3 is 5.32 Å². The number of hydrogen-bond acceptors (Lipinski definition) is 3. The van der Waals surface area contributed by atoms with Gasteiger partial charge in [-0.15, -0.1) is 0 Å². The van der Waals surface area contributed by atoms with E-state index in [1.807, 2.05) is 37.5 Å². The molecule has 0 bridgehead atoms. The second-order valence-corrected chi connectivity index (χ2v) is 5.07. The fraction of sp³-hybridized carbons (Fsp3) is 0.375. The average Bonchev–Trinajstić information content (AvgIpc) is 2.45. The van der Waals surface area contributed by atoms with Crippen LogP contribution in [0.4, 0.5) is 0 Å². The molecule has 1 unspecified atom stereocenters. The molecule has 0 aliphatic rings. The Morgan fingerprint density at radius 2 is 1.84 bits per heavy atom. The molecule has 1 N–H and O–H groups in total. The Kier molecular flexibility index (Phi) is 4.63. The molecule has 3 nitrogen and oxygen atoms in total. The van der Waals surface area contributed by atoms with Gasteiger partial charge in [0.05, 0.1) is 5.69 Å². The number of aromatic nitrogens is 2. The zero-order valence-electron chi connectivity index (χ0n) is 11.8. The quantitative estimate of drug-likeness (QED) is 0.892. The minimum absolute atomic E-state index is 0.341. The highest BCUT2D eigenvalue weighted by Crippen LogP contribution is 2.23. The first-order valence-corrected chi connectivity index (χ1v) is 6.75. The van der Waals surface area contributed by atoms with Crippen LogP contribution in [0, 0.1) is 5.92 Å². The van der Waals surface area contributed by atoms with Crippen LogP contribution in [0.3, 0.4) is 0 Å². The van der Waals surface area contributed by atoms with Gasteiger partial charge in [0.25, 0.3) is 0 Å². The molecule has 0 saturated carbocycles. The summed E-state index contributed by atoms with van der Waals surface area (Å²) in [6, 6.07) is 12.2. The van der Waals surface area contributed by atoms with Gasteiger partial charge in [0.15, 0.2) is 0 Å². The Balaban J connectivity index is 2.33. The van der Waals surface area contributed by atoms with E-state index < -0.39 is 0 Å². The molecule has 0 aliphatic heterocycles. The first-order chi connectivity index (χ1) is 9.22. The van der Waals surface area contributed by atoms with Crippen LogP contribution in [0.1, 0.15) is 25.6 Å². The molecule has 0 spiro atoms. The van der Waals surface area contributed by atoms with Crippen LogP contribution >= 0.6 is 0 Å². The van der Waals surface area contributed by atoms with Crippen molar-refractivity contribution < 1.29 is 0 Å². The van der Waals surface area contributed by atoms with E-state index in [0.29, 0.717) is 11.8 Å². The van der Waals surface area contributed by atoms with E-state index in [1.54, 1.807) is 0 Å². The molecule has 0 fully saturated rings. The highest BCUT2D eigenvalue weighted by Gasteiger charge is 2.18. The molecule has 19 heavy (non-hydrogen) atoms. The highest BCUT2D eigenvalue weighted by atomic mass is 14.9. The summed E-state index contributed by atoms with van der Waals surface area (Å²) in [5, 5.41) is 3.23. The normalized spacial score (nSPS) is 12.6. The minimum atomic E-state index is 0.341. The van der Waals surface area contributed by atoms with Gasteiger partial charge in [0.2, 0.25) is 0 Å². The maximum Gasteiger partial charge on any atom is 0.133 e. The van der Waals surface area contributed by atoms with Gasteiger partial charge in [-0.25, -0.2) is 9.97 Å². The summed E-state index contributed by atoms with van der Waals surface area (Å²) < 4.78 is 0. The molecule has 0 amide bonds. The molecule has 100 valence electrons. The molecular formula is C16H21N3. The Morgan fingerprint density at radius 1 is 1.11 bits per heavy atom. The number of nitrogens with one attached hydrogen (secondary N) is 1. The van der Waals surface area contributed by atoms with Gasteiger partial charge in [-0.05, 0) is 19.0 Å². The predicted molar refractivity (Wildman–Crippen MR) is 79.0 cm³/mol. The van der Waals surface area contributed by atoms with E-state index in [1.165, 1.54) is 0 Å². The maximum absolute atomic E-state index is 4.73. The fourth-order valence-electron chi connectivity index (χ4n) is 2.17. The summed E-state index contributed by atoms with van der Waals surface area (Å²) in [7, 11) is 1.97. The Labute approximate surface area is 115 Å². The topological polar surface area (TPSA) is 37.8 Å². The van der Waals surface area contributed by atoms with Gasteiger partial charge >= 0.3 is 0 Å². The van der Waals surface area contributed by atoms with E-state index in [4.69, 9.17) is 4.98 Å². The van der Waals surface area contributed by atoms with Gasteiger partial charge in [-0.1, -0.05) is 44.2 Å². The summed E-state index contributed by atoms with van der Waals surface area (Å²) in [6.07, 6.45) is 1.86. The lowest BCUT2D eigenvalue weighted by Gasteiger charge is -2.19. The van der Waals surface area contributed by atoms with Crippen molar-refractivity contribution in [1.29, 1.82) is 0 Å². The largest absolute Gasteiger partial charge is 0.319 e. The second kappa shape index (κ2) is 6.43. The van der Waals surface area contributed by atoms with Crippen LogP contribution in [0.25, 0.3) is 11.3 Å². The van der Waals surface area contributed by atoms with Crippen molar-refractivity contribution >= 4 is 0 Å². The van der Waals surface area contributed by atoms with Gasteiger partial charge in [-0.2, -0.15) is 0 Å². The Bertz CT molecular complexity index is 508. The maximum atomic E-state index is 4.73. The standard InChI is InChI=1S/C16H21N3/c1-12(2)14(11-17-3)16-18-10-9-15(19-16)13-7-5-4-6-8-13/h4-10,12,14,17H,11H2,1-3H3. The minimum Gasteiger partial charge on any atom is -0.319 e. The lowest BCUT2D eigenvalue weighted by molar-refractivity contribution is 0.458. The highest BCUT2D eigenvalue weighted by molar-refractivity contribution is 5.58. The predicted octanol–water partition coefficient (Wildman–Crippen LogP) is 3.10.